The first-order valence-electron chi connectivity index (χ1n) is 10.3. The summed E-state index contributed by atoms with van der Waals surface area (Å²) >= 11 is 0. The van der Waals surface area contributed by atoms with Crippen molar-refractivity contribution < 1.29 is 22.8 Å². The molecule has 1 saturated heterocycles. The van der Waals surface area contributed by atoms with Gasteiger partial charge in [0.25, 0.3) is 0 Å². The van der Waals surface area contributed by atoms with Gasteiger partial charge in [-0.05, 0) is 49.1 Å². The minimum absolute atomic E-state index is 0.259. The van der Waals surface area contributed by atoms with Gasteiger partial charge in [0.2, 0.25) is 16.4 Å². The summed E-state index contributed by atoms with van der Waals surface area (Å²) in [4.78, 5) is 13.1. The van der Waals surface area contributed by atoms with E-state index in [1.54, 1.807) is 12.1 Å². The number of hydrogen-bond donors (Lipinski definition) is 1. The SMILES string of the molecule is O=CN(O)C(CCCc1ccccc1)CS(=O)(=O)N1CCN(c2ccc(F)cc2)CC1. The van der Waals surface area contributed by atoms with E-state index in [4.69, 9.17) is 0 Å². The van der Waals surface area contributed by atoms with E-state index < -0.39 is 16.1 Å². The Labute approximate surface area is 182 Å². The number of carbonyl (C=O) groups is 1. The van der Waals surface area contributed by atoms with Crippen LogP contribution in [-0.4, -0.2) is 67.4 Å². The topological polar surface area (TPSA) is 81.2 Å². The maximum absolute atomic E-state index is 13.1. The first-order valence-corrected chi connectivity index (χ1v) is 11.9. The molecular formula is C22H28FN3O4S. The highest BCUT2D eigenvalue weighted by atomic mass is 32.2. The van der Waals surface area contributed by atoms with Crippen LogP contribution >= 0.6 is 0 Å². The van der Waals surface area contributed by atoms with Crippen molar-refractivity contribution in [2.75, 3.05) is 36.8 Å². The minimum atomic E-state index is -3.66. The zero-order valence-electron chi connectivity index (χ0n) is 17.3. The average Bonchev–Trinajstić information content (AvgIpc) is 2.79. The number of hydroxylamine groups is 2. The van der Waals surface area contributed by atoms with Gasteiger partial charge in [-0.15, -0.1) is 0 Å². The molecule has 0 radical (unpaired) electrons. The molecule has 1 heterocycles. The summed E-state index contributed by atoms with van der Waals surface area (Å²) in [5.74, 6) is -0.639. The number of rotatable bonds is 10. The summed E-state index contributed by atoms with van der Waals surface area (Å²) in [6.07, 6.45) is 2.02. The molecule has 0 aliphatic carbocycles. The molecule has 9 heteroatoms. The molecule has 3 rings (SSSR count). The van der Waals surface area contributed by atoms with Crippen LogP contribution in [0.1, 0.15) is 18.4 Å². The fourth-order valence-electron chi connectivity index (χ4n) is 3.79. The fourth-order valence-corrected chi connectivity index (χ4v) is 5.53. The van der Waals surface area contributed by atoms with Crippen LogP contribution in [0.3, 0.4) is 0 Å². The van der Waals surface area contributed by atoms with E-state index in [1.165, 1.54) is 16.4 Å². The van der Waals surface area contributed by atoms with Crippen molar-refractivity contribution in [3.05, 3.63) is 66.0 Å². The molecule has 168 valence electrons. The molecule has 2 aromatic rings. The van der Waals surface area contributed by atoms with Gasteiger partial charge in [-0.3, -0.25) is 10.0 Å². The van der Waals surface area contributed by atoms with Gasteiger partial charge in [-0.25, -0.2) is 17.9 Å². The Bertz CT molecular complexity index is 933. The Balaban J connectivity index is 1.56. The molecule has 1 fully saturated rings. The van der Waals surface area contributed by atoms with Gasteiger partial charge in [0, 0.05) is 31.9 Å². The monoisotopic (exact) mass is 449 g/mol. The van der Waals surface area contributed by atoms with E-state index in [2.05, 4.69) is 0 Å². The maximum atomic E-state index is 13.1. The molecule has 0 bridgehead atoms. The first-order chi connectivity index (χ1) is 14.9. The molecule has 0 spiro atoms. The highest BCUT2D eigenvalue weighted by molar-refractivity contribution is 7.89. The molecule has 1 unspecified atom stereocenters. The molecule has 7 nitrogen and oxygen atoms in total. The molecule has 1 atom stereocenters. The summed E-state index contributed by atoms with van der Waals surface area (Å²) in [5.41, 5.74) is 1.97. The zero-order chi connectivity index (χ0) is 22.3. The van der Waals surface area contributed by atoms with Crippen LogP contribution in [0.25, 0.3) is 0 Å². The summed E-state index contributed by atoms with van der Waals surface area (Å²) in [7, 11) is -3.66. The number of hydrogen-bond acceptors (Lipinski definition) is 5. The number of carbonyl (C=O) groups excluding carboxylic acids is 1. The van der Waals surface area contributed by atoms with Gasteiger partial charge >= 0.3 is 0 Å². The quantitative estimate of drug-likeness (QED) is 0.343. The second-order valence-electron chi connectivity index (χ2n) is 7.66. The summed E-state index contributed by atoms with van der Waals surface area (Å²) in [6, 6.07) is 15.1. The second kappa shape index (κ2) is 10.7. The molecule has 0 aromatic heterocycles. The third-order valence-electron chi connectivity index (χ3n) is 5.55. The van der Waals surface area contributed by atoms with Crippen molar-refractivity contribution in [3.8, 4) is 0 Å². The van der Waals surface area contributed by atoms with Crippen LogP contribution in [0.15, 0.2) is 54.6 Å². The van der Waals surface area contributed by atoms with Crippen molar-refractivity contribution in [1.29, 1.82) is 0 Å². The normalized spacial score (nSPS) is 16.1. The van der Waals surface area contributed by atoms with Crippen molar-refractivity contribution in [1.82, 2.24) is 9.37 Å². The van der Waals surface area contributed by atoms with E-state index in [-0.39, 0.29) is 18.0 Å². The smallest absolute Gasteiger partial charge is 0.233 e. The lowest BCUT2D eigenvalue weighted by Gasteiger charge is -2.36. The van der Waals surface area contributed by atoms with Crippen LogP contribution in [0.5, 0.6) is 0 Å². The van der Waals surface area contributed by atoms with E-state index in [9.17, 15) is 22.8 Å². The average molecular weight is 450 g/mol. The fraction of sp³-hybridized carbons (Fsp3) is 0.409. The zero-order valence-corrected chi connectivity index (χ0v) is 18.1. The molecule has 1 aliphatic heterocycles. The second-order valence-corrected chi connectivity index (χ2v) is 9.67. The number of nitrogens with zero attached hydrogens (tertiary/aromatic N) is 3. The molecule has 1 N–H and O–H groups in total. The van der Waals surface area contributed by atoms with Crippen LogP contribution in [-0.2, 0) is 21.2 Å². The van der Waals surface area contributed by atoms with Crippen molar-refractivity contribution in [3.63, 3.8) is 0 Å². The predicted molar refractivity (Wildman–Crippen MR) is 117 cm³/mol. The molecular weight excluding hydrogens is 421 g/mol. The maximum Gasteiger partial charge on any atom is 0.233 e. The standard InChI is InChI=1S/C22H28FN3O4S/c23-20-9-11-21(12-10-20)24-13-15-25(16-14-24)31(29,30)17-22(26(28)18-27)8-4-7-19-5-2-1-3-6-19/h1-3,5-6,9-12,18,22,28H,4,7-8,13-17H2. The predicted octanol–water partition coefficient (Wildman–Crippen LogP) is 2.52. The Morgan fingerprint density at radius 1 is 1.03 bits per heavy atom. The summed E-state index contributed by atoms with van der Waals surface area (Å²) in [5, 5.41) is 10.4. The molecule has 2 aromatic carbocycles. The number of benzene rings is 2. The lowest BCUT2D eigenvalue weighted by Crippen LogP contribution is -2.51. The largest absolute Gasteiger partial charge is 0.369 e. The number of aryl methyl sites for hydroxylation is 1. The third kappa shape index (κ3) is 6.49. The summed E-state index contributed by atoms with van der Waals surface area (Å²) in [6.45, 7) is 1.56. The van der Waals surface area contributed by atoms with Crippen LogP contribution in [0, 0.1) is 5.82 Å². The number of piperazine rings is 1. The number of halogens is 1. The van der Waals surface area contributed by atoms with E-state index in [0.29, 0.717) is 44.1 Å². The van der Waals surface area contributed by atoms with Gasteiger partial charge in [-0.2, -0.15) is 4.31 Å². The van der Waals surface area contributed by atoms with Crippen molar-refractivity contribution in [2.45, 2.75) is 25.3 Å². The number of amides is 1. The number of anilines is 1. The Hall–Kier alpha value is -2.49. The highest BCUT2D eigenvalue weighted by Gasteiger charge is 2.31. The first kappa shape index (κ1) is 23.2. The van der Waals surface area contributed by atoms with Gasteiger partial charge in [0.05, 0.1) is 11.8 Å². The summed E-state index contributed by atoms with van der Waals surface area (Å²) < 4.78 is 40.4. The highest BCUT2D eigenvalue weighted by Crippen LogP contribution is 2.20. The van der Waals surface area contributed by atoms with Crippen molar-refractivity contribution in [2.24, 2.45) is 0 Å². The Morgan fingerprint density at radius 2 is 1.68 bits per heavy atom. The molecule has 1 amide bonds. The minimum Gasteiger partial charge on any atom is -0.369 e. The van der Waals surface area contributed by atoms with Gasteiger partial charge in [-0.1, -0.05) is 30.3 Å². The Morgan fingerprint density at radius 3 is 2.29 bits per heavy atom. The van der Waals surface area contributed by atoms with Crippen molar-refractivity contribution >= 4 is 22.1 Å². The van der Waals surface area contributed by atoms with Gasteiger partial charge < -0.3 is 4.90 Å². The van der Waals surface area contributed by atoms with E-state index in [1.807, 2.05) is 35.2 Å². The van der Waals surface area contributed by atoms with Crippen LogP contribution < -0.4 is 4.90 Å². The lowest BCUT2D eigenvalue weighted by atomic mass is 10.1. The molecule has 1 aliphatic rings. The molecule has 0 saturated carbocycles. The lowest BCUT2D eigenvalue weighted by molar-refractivity contribution is -0.158. The Kier molecular flexibility index (Phi) is 8.00. The molecule has 31 heavy (non-hydrogen) atoms. The van der Waals surface area contributed by atoms with Gasteiger partial charge in [0.15, 0.2) is 0 Å². The van der Waals surface area contributed by atoms with Crippen LogP contribution in [0.4, 0.5) is 10.1 Å². The van der Waals surface area contributed by atoms with Gasteiger partial charge in [0.1, 0.15) is 5.82 Å². The van der Waals surface area contributed by atoms with E-state index >= 15 is 0 Å². The van der Waals surface area contributed by atoms with Crippen LogP contribution in [0.2, 0.25) is 0 Å². The number of sulfonamides is 1. The van der Waals surface area contributed by atoms with E-state index in [0.717, 1.165) is 17.7 Å². The third-order valence-corrected chi connectivity index (χ3v) is 7.51.